The molecule has 0 aromatic heterocycles. The molecule has 1 heteroatoms. The van der Waals surface area contributed by atoms with Gasteiger partial charge in [-0.15, -0.1) is 0 Å². The van der Waals surface area contributed by atoms with E-state index in [1.807, 2.05) is 6.08 Å². The van der Waals surface area contributed by atoms with E-state index in [1.165, 1.54) is 44.5 Å². The highest BCUT2D eigenvalue weighted by Crippen LogP contribution is 2.61. The zero-order chi connectivity index (χ0) is 26.3. The first kappa shape index (κ1) is 24.3. The van der Waals surface area contributed by atoms with Crippen LogP contribution in [0.25, 0.3) is 27.8 Å². The second kappa shape index (κ2) is 9.26. The fourth-order valence-electron chi connectivity index (χ4n) is 6.05. The van der Waals surface area contributed by atoms with Crippen LogP contribution in [0.2, 0.25) is 0 Å². The number of aliphatic hydroxyl groups excluding tert-OH is 1. The van der Waals surface area contributed by atoms with E-state index in [4.69, 9.17) is 0 Å². The van der Waals surface area contributed by atoms with Crippen molar-refractivity contribution in [3.63, 3.8) is 0 Å². The lowest BCUT2D eigenvalue weighted by atomic mass is 9.69. The van der Waals surface area contributed by atoms with Crippen molar-refractivity contribution in [3.8, 4) is 11.1 Å². The van der Waals surface area contributed by atoms with Gasteiger partial charge in [0.1, 0.15) is 5.76 Å². The highest BCUT2D eigenvalue weighted by atomic mass is 16.3. The number of allylic oxidation sites excluding steroid dienone is 10. The van der Waals surface area contributed by atoms with Crippen LogP contribution in [-0.2, 0) is 5.41 Å². The topological polar surface area (TPSA) is 20.2 Å². The smallest absolute Gasteiger partial charge is 0.108 e. The van der Waals surface area contributed by atoms with Gasteiger partial charge in [0.2, 0.25) is 0 Å². The van der Waals surface area contributed by atoms with Crippen LogP contribution in [0.3, 0.4) is 0 Å². The molecule has 1 unspecified atom stereocenters. The summed E-state index contributed by atoms with van der Waals surface area (Å²) in [6.07, 6.45) is 9.75. The van der Waals surface area contributed by atoms with Gasteiger partial charge >= 0.3 is 0 Å². The van der Waals surface area contributed by atoms with E-state index in [0.29, 0.717) is 0 Å². The van der Waals surface area contributed by atoms with Crippen LogP contribution < -0.4 is 0 Å². The number of hydrogen-bond acceptors (Lipinski definition) is 1. The molecule has 0 heterocycles. The lowest BCUT2D eigenvalue weighted by Gasteiger charge is -2.32. The average Bonchev–Trinajstić information content (AvgIpc) is 3.32. The summed E-state index contributed by atoms with van der Waals surface area (Å²) >= 11 is 0. The van der Waals surface area contributed by atoms with Crippen molar-refractivity contribution in [3.05, 3.63) is 162 Å². The Hall–Kier alpha value is -4.36. The van der Waals surface area contributed by atoms with Crippen molar-refractivity contribution in [1.29, 1.82) is 0 Å². The molecule has 0 saturated heterocycles. The largest absolute Gasteiger partial charge is 0.509 e. The van der Waals surface area contributed by atoms with E-state index >= 15 is 0 Å². The molecule has 3 aromatic carbocycles. The summed E-state index contributed by atoms with van der Waals surface area (Å²) < 4.78 is 0. The van der Waals surface area contributed by atoms with E-state index in [-0.39, 0.29) is 11.2 Å². The summed E-state index contributed by atoms with van der Waals surface area (Å²) in [5, 5.41) is 9.33. The first-order valence-electron chi connectivity index (χ1n) is 12.6. The summed E-state index contributed by atoms with van der Waals surface area (Å²) in [5.74, 6) is 0.0159. The first-order valence-corrected chi connectivity index (χ1v) is 12.6. The molecule has 1 nitrogen and oxygen atoms in total. The summed E-state index contributed by atoms with van der Waals surface area (Å²) in [5.41, 5.74) is 14.3. The van der Waals surface area contributed by atoms with Gasteiger partial charge < -0.3 is 5.11 Å². The molecule has 0 saturated carbocycles. The molecule has 3 aromatic rings. The SMILES string of the molecule is C=CC1=C(/C=C\C)C2(C(C)=C(C)c3ccccc32)c2ccc(-c3ccc(C(=C)/C=C\C(=C)O)cc3)cc21. The minimum atomic E-state index is -0.296. The summed E-state index contributed by atoms with van der Waals surface area (Å²) in [6, 6.07) is 24.1. The van der Waals surface area contributed by atoms with Gasteiger partial charge in [0.15, 0.2) is 0 Å². The number of fused-ring (bicyclic) bond motifs is 4. The quantitative estimate of drug-likeness (QED) is 0.275. The van der Waals surface area contributed by atoms with Crippen LogP contribution in [0.4, 0.5) is 0 Å². The highest BCUT2D eigenvalue weighted by Gasteiger charge is 2.50. The van der Waals surface area contributed by atoms with Gasteiger partial charge in [-0.3, -0.25) is 0 Å². The fourth-order valence-corrected chi connectivity index (χ4v) is 6.05. The van der Waals surface area contributed by atoms with Crippen molar-refractivity contribution in [2.75, 3.05) is 0 Å². The van der Waals surface area contributed by atoms with Gasteiger partial charge in [0.25, 0.3) is 0 Å². The van der Waals surface area contributed by atoms with Crippen LogP contribution in [-0.4, -0.2) is 5.11 Å². The van der Waals surface area contributed by atoms with E-state index in [0.717, 1.165) is 22.3 Å². The monoisotopic (exact) mass is 480 g/mol. The third kappa shape index (κ3) is 3.62. The molecule has 182 valence electrons. The molecule has 0 radical (unpaired) electrons. The molecule has 2 aliphatic rings. The van der Waals surface area contributed by atoms with Gasteiger partial charge in [-0.2, -0.15) is 0 Å². The number of hydrogen-bond donors (Lipinski definition) is 1. The zero-order valence-electron chi connectivity index (χ0n) is 21.8. The molecule has 0 fully saturated rings. The maximum absolute atomic E-state index is 9.33. The number of rotatable bonds is 6. The molecular weight excluding hydrogens is 448 g/mol. The lowest BCUT2D eigenvalue weighted by molar-refractivity contribution is 0.435. The van der Waals surface area contributed by atoms with Crippen molar-refractivity contribution in [1.82, 2.24) is 0 Å². The molecule has 0 amide bonds. The maximum Gasteiger partial charge on any atom is 0.108 e. The zero-order valence-corrected chi connectivity index (χ0v) is 21.8. The highest BCUT2D eigenvalue weighted by molar-refractivity contribution is 5.97. The Bertz CT molecular complexity index is 1580. The van der Waals surface area contributed by atoms with E-state index in [9.17, 15) is 5.11 Å². The Balaban J connectivity index is 1.66. The Kier molecular flexibility index (Phi) is 6.09. The first-order chi connectivity index (χ1) is 17.8. The lowest BCUT2D eigenvalue weighted by Crippen LogP contribution is -2.27. The minimum Gasteiger partial charge on any atom is -0.509 e. The second-order valence-electron chi connectivity index (χ2n) is 9.76. The van der Waals surface area contributed by atoms with Crippen LogP contribution in [0.1, 0.15) is 48.6 Å². The number of aliphatic hydroxyl groups is 1. The third-order valence-corrected chi connectivity index (χ3v) is 7.87. The van der Waals surface area contributed by atoms with Gasteiger partial charge in [0.05, 0.1) is 5.41 Å². The predicted octanol–water partition coefficient (Wildman–Crippen LogP) is 9.62. The Labute approximate surface area is 220 Å². The Morgan fingerprint density at radius 2 is 1.51 bits per heavy atom. The van der Waals surface area contributed by atoms with Gasteiger partial charge in [-0.05, 0) is 94.2 Å². The second-order valence-corrected chi connectivity index (χ2v) is 9.76. The van der Waals surface area contributed by atoms with Crippen molar-refractivity contribution >= 4 is 16.7 Å². The van der Waals surface area contributed by atoms with E-state index in [2.05, 4.69) is 119 Å². The molecule has 1 N–H and O–H groups in total. The van der Waals surface area contributed by atoms with Gasteiger partial charge in [0, 0.05) is 0 Å². The maximum atomic E-state index is 9.33. The summed E-state index contributed by atoms with van der Waals surface area (Å²) in [4.78, 5) is 0. The standard InChI is InChI=1S/C36H32O/c1-7-11-33-30(8-2)32-22-29(28-18-16-27(17-19-28)23(3)14-15-24(4)37)20-21-35(32)36(33)26(6)25(5)31-12-9-10-13-34(31)36/h7-22,37H,2-4H2,1,5-6H3/b11-7-,15-14-. The van der Waals surface area contributed by atoms with Crippen LogP contribution in [0.5, 0.6) is 0 Å². The summed E-state index contributed by atoms with van der Waals surface area (Å²) in [7, 11) is 0. The number of benzene rings is 3. The summed E-state index contributed by atoms with van der Waals surface area (Å²) in [6.45, 7) is 18.5. The molecule has 0 bridgehead atoms. The fraction of sp³-hybridized carbons (Fsp3) is 0.111. The van der Waals surface area contributed by atoms with Crippen molar-refractivity contribution in [2.45, 2.75) is 26.2 Å². The average molecular weight is 481 g/mol. The van der Waals surface area contributed by atoms with Crippen LogP contribution in [0.15, 0.2) is 134 Å². The molecule has 1 atom stereocenters. The Morgan fingerprint density at radius 3 is 2.19 bits per heavy atom. The predicted molar refractivity (Wildman–Crippen MR) is 159 cm³/mol. The third-order valence-electron chi connectivity index (χ3n) is 7.87. The van der Waals surface area contributed by atoms with Crippen molar-refractivity contribution < 1.29 is 5.11 Å². The molecule has 37 heavy (non-hydrogen) atoms. The van der Waals surface area contributed by atoms with Crippen LogP contribution >= 0.6 is 0 Å². The molecule has 5 rings (SSSR count). The minimum absolute atomic E-state index is 0.0159. The molecule has 0 aliphatic heterocycles. The molecule has 2 aliphatic carbocycles. The van der Waals surface area contributed by atoms with E-state index in [1.54, 1.807) is 12.2 Å². The van der Waals surface area contributed by atoms with E-state index < -0.39 is 0 Å². The molecular formula is C36H32O. The van der Waals surface area contributed by atoms with Gasteiger partial charge in [-0.25, -0.2) is 0 Å². The van der Waals surface area contributed by atoms with Crippen LogP contribution in [0, 0.1) is 0 Å². The van der Waals surface area contributed by atoms with Gasteiger partial charge in [-0.1, -0.05) is 110 Å². The Morgan fingerprint density at radius 1 is 0.838 bits per heavy atom. The molecule has 1 spiro atoms. The van der Waals surface area contributed by atoms with Crippen molar-refractivity contribution in [2.24, 2.45) is 0 Å². The normalized spacial score (nSPS) is 18.2.